The average Bonchev–Trinajstić information content (AvgIpc) is 2.57. The normalized spacial score (nSPS) is 12.2. The summed E-state index contributed by atoms with van der Waals surface area (Å²) in [6, 6.07) is 11.9. The van der Waals surface area contributed by atoms with Gasteiger partial charge in [-0.25, -0.2) is 5.43 Å². The van der Waals surface area contributed by atoms with Crippen LogP contribution in [0.15, 0.2) is 47.6 Å². The number of hydrogen-bond acceptors (Lipinski definition) is 3. The van der Waals surface area contributed by atoms with Gasteiger partial charge in [-0.3, -0.25) is 4.79 Å². The van der Waals surface area contributed by atoms with E-state index in [-0.39, 0.29) is 12.0 Å². The standard InChI is InChI=1S/C18H18Cl2N2O2/c1-3-12(2)24-17-9-4-13(10-16(17)20)11-21-22-18(23)14-5-7-15(19)8-6-14/h4-12H,3H2,1-2H3,(H,22,23)/b21-11-/t12-/m0/s1. The summed E-state index contributed by atoms with van der Waals surface area (Å²) < 4.78 is 5.70. The Labute approximate surface area is 151 Å². The van der Waals surface area contributed by atoms with Crippen molar-refractivity contribution in [1.29, 1.82) is 0 Å². The molecule has 4 nitrogen and oxygen atoms in total. The second-order valence-corrected chi connectivity index (χ2v) is 6.08. The molecule has 0 unspecified atom stereocenters. The molecule has 1 N–H and O–H groups in total. The first kappa shape index (κ1) is 18.3. The van der Waals surface area contributed by atoms with Crippen LogP contribution in [-0.4, -0.2) is 18.2 Å². The molecule has 0 saturated carbocycles. The topological polar surface area (TPSA) is 50.7 Å². The summed E-state index contributed by atoms with van der Waals surface area (Å²) in [4.78, 5) is 11.9. The van der Waals surface area contributed by atoms with E-state index in [0.29, 0.717) is 21.4 Å². The average molecular weight is 365 g/mol. The van der Waals surface area contributed by atoms with Crippen LogP contribution in [-0.2, 0) is 0 Å². The molecule has 0 fully saturated rings. The molecule has 2 aromatic carbocycles. The zero-order chi connectivity index (χ0) is 17.5. The molecule has 0 bridgehead atoms. The van der Waals surface area contributed by atoms with Crippen LogP contribution in [0.2, 0.25) is 10.0 Å². The van der Waals surface area contributed by atoms with Gasteiger partial charge in [0, 0.05) is 10.6 Å². The van der Waals surface area contributed by atoms with Crippen molar-refractivity contribution in [2.24, 2.45) is 5.10 Å². The van der Waals surface area contributed by atoms with E-state index >= 15 is 0 Å². The molecule has 0 aliphatic rings. The van der Waals surface area contributed by atoms with Crippen molar-refractivity contribution >= 4 is 35.3 Å². The van der Waals surface area contributed by atoms with Crippen LogP contribution in [0.25, 0.3) is 0 Å². The zero-order valence-corrected chi connectivity index (χ0v) is 14.9. The van der Waals surface area contributed by atoms with Crippen LogP contribution in [0.4, 0.5) is 0 Å². The molecule has 2 aromatic rings. The van der Waals surface area contributed by atoms with E-state index in [1.54, 1.807) is 36.4 Å². The van der Waals surface area contributed by atoms with Gasteiger partial charge in [0.25, 0.3) is 5.91 Å². The Morgan fingerprint density at radius 1 is 1.25 bits per heavy atom. The fraction of sp³-hybridized carbons (Fsp3) is 0.222. The minimum absolute atomic E-state index is 0.0979. The molecule has 0 aliphatic heterocycles. The summed E-state index contributed by atoms with van der Waals surface area (Å²) in [5.74, 6) is 0.319. The maximum absolute atomic E-state index is 11.9. The lowest BCUT2D eigenvalue weighted by atomic mass is 10.2. The quantitative estimate of drug-likeness (QED) is 0.583. The van der Waals surface area contributed by atoms with Gasteiger partial charge < -0.3 is 4.74 Å². The molecule has 0 heterocycles. The number of carbonyl (C=O) groups is 1. The number of rotatable bonds is 6. The van der Waals surface area contributed by atoms with Crippen LogP contribution in [0.1, 0.15) is 36.2 Å². The van der Waals surface area contributed by atoms with Gasteiger partial charge in [0.05, 0.1) is 17.3 Å². The second kappa shape index (κ2) is 8.71. The molecule has 24 heavy (non-hydrogen) atoms. The summed E-state index contributed by atoms with van der Waals surface area (Å²) >= 11 is 12.0. The summed E-state index contributed by atoms with van der Waals surface area (Å²) in [5, 5.41) is 5.01. The first-order valence-electron chi connectivity index (χ1n) is 7.54. The minimum Gasteiger partial charge on any atom is -0.489 e. The van der Waals surface area contributed by atoms with E-state index in [4.69, 9.17) is 27.9 Å². The number of carbonyl (C=O) groups excluding carboxylic acids is 1. The summed E-state index contributed by atoms with van der Waals surface area (Å²) in [7, 11) is 0. The number of benzene rings is 2. The van der Waals surface area contributed by atoms with E-state index < -0.39 is 0 Å². The van der Waals surface area contributed by atoms with Crippen LogP contribution >= 0.6 is 23.2 Å². The maximum atomic E-state index is 11.9. The highest BCUT2D eigenvalue weighted by Crippen LogP contribution is 2.26. The molecule has 1 atom stereocenters. The highest BCUT2D eigenvalue weighted by atomic mass is 35.5. The smallest absolute Gasteiger partial charge is 0.271 e. The van der Waals surface area contributed by atoms with E-state index in [0.717, 1.165) is 12.0 Å². The van der Waals surface area contributed by atoms with Gasteiger partial charge >= 0.3 is 0 Å². The van der Waals surface area contributed by atoms with Gasteiger partial charge in [0.2, 0.25) is 0 Å². The van der Waals surface area contributed by atoms with Crippen LogP contribution in [0.5, 0.6) is 5.75 Å². The van der Waals surface area contributed by atoms with Crippen molar-refractivity contribution in [3.8, 4) is 5.75 Å². The van der Waals surface area contributed by atoms with Crippen molar-refractivity contribution < 1.29 is 9.53 Å². The Kier molecular flexibility index (Phi) is 6.64. The molecular weight excluding hydrogens is 347 g/mol. The van der Waals surface area contributed by atoms with Crippen LogP contribution < -0.4 is 10.2 Å². The highest BCUT2D eigenvalue weighted by Gasteiger charge is 2.06. The van der Waals surface area contributed by atoms with Crippen molar-refractivity contribution in [3.63, 3.8) is 0 Å². The predicted octanol–water partition coefficient (Wildman–Crippen LogP) is 4.93. The maximum Gasteiger partial charge on any atom is 0.271 e. The molecule has 0 saturated heterocycles. The lowest BCUT2D eigenvalue weighted by Crippen LogP contribution is -2.17. The summed E-state index contributed by atoms with van der Waals surface area (Å²) in [6.07, 6.45) is 2.52. The Bertz CT molecular complexity index is 730. The van der Waals surface area contributed by atoms with Crippen LogP contribution in [0.3, 0.4) is 0 Å². The summed E-state index contributed by atoms with van der Waals surface area (Å²) in [6.45, 7) is 4.03. The van der Waals surface area contributed by atoms with Gasteiger partial charge in [0.1, 0.15) is 5.75 Å². The van der Waals surface area contributed by atoms with Crippen molar-refractivity contribution in [2.75, 3.05) is 0 Å². The van der Waals surface area contributed by atoms with Gasteiger partial charge in [-0.15, -0.1) is 0 Å². The monoisotopic (exact) mass is 364 g/mol. The van der Waals surface area contributed by atoms with E-state index in [1.165, 1.54) is 6.21 Å². The third kappa shape index (κ3) is 5.25. The van der Waals surface area contributed by atoms with Gasteiger partial charge in [0.15, 0.2) is 0 Å². The number of ether oxygens (including phenoxy) is 1. The first-order chi connectivity index (χ1) is 11.5. The summed E-state index contributed by atoms with van der Waals surface area (Å²) in [5.41, 5.74) is 3.69. The lowest BCUT2D eigenvalue weighted by Gasteiger charge is -2.13. The molecule has 6 heteroatoms. The van der Waals surface area contributed by atoms with E-state index in [9.17, 15) is 4.79 Å². The predicted molar refractivity (Wildman–Crippen MR) is 98.3 cm³/mol. The Morgan fingerprint density at radius 2 is 1.96 bits per heavy atom. The van der Waals surface area contributed by atoms with Crippen molar-refractivity contribution in [3.05, 3.63) is 63.6 Å². The van der Waals surface area contributed by atoms with Gasteiger partial charge in [-0.2, -0.15) is 5.10 Å². The Hall–Kier alpha value is -2.04. The van der Waals surface area contributed by atoms with Gasteiger partial charge in [-0.1, -0.05) is 30.1 Å². The number of nitrogens with zero attached hydrogens (tertiary/aromatic N) is 1. The number of amides is 1. The molecule has 0 aliphatic carbocycles. The Morgan fingerprint density at radius 3 is 2.58 bits per heavy atom. The molecule has 0 aromatic heterocycles. The SMILES string of the molecule is CC[C@H](C)Oc1ccc(/C=N\NC(=O)c2ccc(Cl)cc2)cc1Cl. The zero-order valence-electron chi connectivity index (χ0n) is 13.4. The van der Waals surface area contributed by atoms with E-state index in [1.807, 2.05) is 19.9 Å². The molecule has 1 amide bonds. The number of halogens is 2. The largest absolute Gasteiger partial charge is 0.489 e. The van der Waals surface area contributed by atoms with Gasteiger partial charge in [-0.05, 0) is 61.4 Å². The third-order valence-corrected chi connectivity index (χ3v) is 3.89. The van der Waals surface area contributed by atoms with Crippen molar-refractivity contribution in [2.45, 2.75) is 26.4 Å². The lowest BCUT2D eigenvalue weighted by molar-refractivity contribution is 0.0955. The molecule has 2 rings (SSSR count). The third-order valence-electron chi connectivity index (χ3n) is 3.35. The Balaban J connectivity index is 1.97. The fourth-order valence-electron chi connectivity index (χ4n) is 1.82. The van der Waals surface area contributed by atoms with Crippen molar-refractivity contribution in [1.82, 2.24) is 5.43 Å². The molecular formula is C18H18Cl2N2O2. The molecule has 0 spiro atoms. The number of nitrogens with one attached hydrogen (secondary N) is 1. The fourth-order valence-corrected chi connectivity index (χ4v) is 2.18. The molecule has 126 valence electrons. The first-order valence-corrected chi connectivity index (χ1v) is 8.30. The second-order valence-electron chi connectivity index (χ2n) is 5.23. The number of hydrazone groups is 1. The number of hydrogen-bond donors (Lipinski definition) is 1. The minimum atomic E-state index is -0.314. The highest BCUT2D eigenvalue weighted by molar-refractivity contribution is 6.32. The van der Waals surface area contributed by atoms with E-state index in [2.05, 4.69) is 10.5 Å². The molecule has 0 radical (unpaired) electrons. The van der Waals surface area contributed by atoms with Crippen LogP contribution in [0, 0.1) is 0 Å².